The third-order valence-electron chi connectivity index (χ3n) is 3.96. The topological polar surface area (TPSA) is 56.8 Å². The van der Waals surface area contributed by atoms with Crippen LogP contribution in [0.1, 0.15) is 10.4 Å². The first kappa shape index (κ1) is 17.4. The van der Waals surface area contributed by atoms with Crippen LogP contribution < -0.4 is 19.5 Å². The van der Waals surface area contributed by atoms with Crippen molar-refractivity contribution >= 4 is 27.5 Å². The molecule has 0 aromatic heterocycles. The van der Waals surface area contributed by atoms with Gasteiger partial charge >= 0.3 is 0 Å². The Morgan fingerprint density at radius 2 is 1.59 bits per heavy atom. The van der Waals surface area contributed by atoms with Gasteiger partial charge in [0.15, 0.2) is 11.5 Å². The second-order valence-corrected chi connectivity index (χ2v) is 6.73. The third kappa shape index (κ3) is 4.06. The summed E-state index contributed by atoms with van der Waals surface area (Å²) >= 11 is 3.46. The maximum atomic E-state index is 12.7. The minimum atomic E-state index is -0.245. The smallest absolute Gasteiger partial charge is 0.255 e. The van der Waals surface area contributed by atoms with Crippen LogP contribution in [0.25, 0.3) is 0 Å². The van der Waals surface area contributed by atoms with Crippen molar-refractivity contribution < 1.29 is 19.0 Å². The van der Waals surface area contributed by atoms with Gasteiger partial charge in [0.25, 0.3) is 5.91 Å². The summed E-state index contributed by atoms with van der Waals surface area (Å²) in [5.74, 6) is 2.33. The molecule has 0 radical (unpaired) electrons. The molecule has 136 valence electrons. The van der Waals surface area contributed by atoms with E-state index in [0.29, 0.717) is 47.5 Å². The maximum absolute atomic E-state index is 12.7. The number of para-hydroxylation sites is 1. The predicted molar refractivity (Wildman–Crippen MR) is 106 cm³/mol. The molecule has 0 bridgehead atoms. The monoisotopic (exact) mass is 425 g/mol. The number of anilines is 1. The van der Waals surface area contributed by atoms with E-state index in [9.17, 15) is 4.79 Å². The Hall–Kier alpha value is -2.99. The Morgan fingerprint density at radius 3 is 2.37 bits per heavy atom. The molecule has 3 aromatic rings. The molecule has 0 saturated carbocycles. The van der Waals surface area contributed by atoms with Gasteiger partial charge in [-0.3, -0.25) is 4.79 Å². The summed E-state index contributed by atoms with van der Waals surface area (Å²) < 4.78 is 17.6. The molecule has 0 unspecified atom stereocenters. The van der Waals surface area contributed by atoms with Crippen molar-refractivity contribution in [1.82, 2.24) is 0 Å². The van der Waals surface area contributed by atoms with Gasteiger partial charge in [0.1, 0.15) is 24.7 Å². The molecule has 0 spiro atoms. The van der Waals surface area contributed by atoms with Crippen LogP contribution in [-0.4, -0.2) is 19.1 Å². The molecule has 27 heavy (non-hydrogen) atoms. The van der Waals surface area contributed by atoms with E-state index in [1.165, 1.54) is 0 Å². The molecule has 5 nitrogen and oxygen atoms in total. The minimum Gasteiger partial charge on any atom is -0.486 e. The van der Waals surface area contributed by atoms with Crippen LogP contribution in [0.3, 0.4) is 0 Å². The Morgan fingerprint density at radius 1 is 0.889 bits per heavy atom. The lowest BCUT2D eigenvalue weighted by Crippen LogP contribution is -2.17. The van der Waals surface area contributed by atoms with Crippen LogP contribution in [0.15, 0.2) is 71.2 Å². The number of nitrogens with one attached hydrogen (secondary N) is 1. The van der Waals surface area contributed by atoms with E-state index >= 15 is 0 Å². The molecular weight excluding hydrogens is 410 g/mol. The Labute approximate surface area is 165 Å². The Kier molecular flexibility index (Phi) is 4.98. The van der Waals surface area contributed by atoms with Gasteiger partial charge < -0.3 is 19.5 Å². The zero-order valence-electron chi connectivity index (χ0n) is 14.3. The zero-order chi connectivity index (χ0) is 18.6. The number of carbonyl (C=O) groups excluding carboxylic acids is 1. The molecule has 1 aliphatic rings. The molecule has 0 saturated heterocycles. The maximum Gasteiger partial charge on any atom is 0.255 e. The van der Waals surface area contributed by atoms with Crippen LogP contribution in [0, 0.1) is 0 Å². The van der Waals surface area contributed by atoms with Crippen LogP contribution in [0.4, 0.5) is 5.69 Å². The van der Waals surface area contributed by atoms with E-state index in [4.69, 9.17) is 14.2 Å². The molecule has 1 N–H and O–H groups in total. The molecule has 1 aliphatic heterocycles. The Bertz CT molecular complexity index is 975. The van der Waals surface area contributed by atoms with Crippen LogP contribution in [0.5, 0.6) is 23.0 Å². The fourth-order valence-electron chi connectivity index (χ4n) is 2.68. The van der Waals surface area contributed by atoms with Gasteiger partial charge in [0.05, 0.1) is 5.69 Å². The number of hydrogen-bond acceptors (Lipinski definition) is 4. The Balaban J connectivity index is 1.52. The first-order valence-corrected chi connectivity index (χ1v) is 9.22. The predicted octanol–water partition coefficient (Wildman–Crippen LogP) is 5.26. The summed E-state index contributed by atoms with van der Waals surface area (Å²) in [7, 11) is 0. The molecule has 0 aliphatic carbocycles. The number of ether oxygens (including phenoxy) is 3. The summed E-state index contributed by atoms with van der Waals surface area (Å²) in [6, 6.07) is 20.0. The molecular formula is C21H16BrNO4. The highest BCUT2D eigenvalue weighted by Gasteiger charge is 2.17. The van der Waals surface area contributed by atoms with E-state index in [1.807, 2.05) is 36.4 Å². The molecule has 1 amide bonds. The molecule has 0 fully saturated rings. The largest absolute Gasteiger partial charge is 0.486 e. The van der Waals surface area contributed by atoms with Gasteiger partial charge in [-0.25, -0.2) is 0 Å². The number of fused-ring (bicyclic) bond motifs is 1. The van der Waals surface area contributed by atoms with Crippen molar-refractivity contribution in [2.75, 3.05) is 18.5 Å². The van der Waals surface area contributed by atoms with E-state index in [0.717, 1.165) is 4.47 Å². The van der Waals surface area contributed by atoms with Crippen molar-refractivity contribution in [2.24, 2.45) is 0 Å². The number of halogens is 1. The lowest BCUT2D eigenvalue weighted by atomic mass is 10.2. The van der Waals surface area contributed by atoms with E-state index in [2.05, 4.69) is 21.2 Å². The molecule has 3 aromatic carbocycles. The molecule has 6 heteroatoms. The van der Waals surface area contributed by atoms with Crippen molar-refractivity contribution in [3.8, 4) is 23.0 Å². The normalized spacial score (nSPS) is 12.3. The van der Waals surface area contributed by atoms with Crippen molar-refractivity contribution in [2.45, 2.75) is 0 Å². The zero-order valence-corrected chi connectivity index (χ0v) is 15.9. The summed E-state index contributed by atoms with van der Waals surface area (Å²) in [4.78, 5) is 12.7. The second-order valence-electron chi connectivity index (χ2n) is 5.87. The van der Waals surface area contributed by atoms with Gasteiger partial charge in [-0.05, 0) is 46.3 Å². The van der Waals surface area contributed by atoms with Crippen LogP contribution in [-0.2, 0) is 0 Å². The fourth-order valence-corrected chi connectivity index (χ4v) is 3.10. The van der Waals surface area contributed by atoms with Gasteiger partial charge in [-0.1, -0.05) is 24.3 Å². The van der Waals surface area contributed by atoms with E-state index in [-0.39, 0.29) is 5.91 Å². The van der Waals surface area contributed by atoms with Crippen molar-refractivity contribution in [3.63, 3.8) is 0 Å². The molecule has 4 rings (SSSR count). The SMILES string of the molecule is O=C(Nc1cc2c(cc1Br)OCCO2)c1cccc(Oc2ccccc2)c1. The number of carbonyl (C=O) groups is 1. The number of hydrogen-bond donors (Lipinski definition) is 1. The number of rotatable bonds is 4. The molecule has 1 heterocycles. The van der Waals surface area contributed by atoms with Gasteiger partial charge in [0.2, 0.25) is 0 Å². The lowest BCUT2D eigenvalue weighted by Gasteiger charge is -2.20. The first-order valence-electron chi connectivity index (χ1n) is 8.42. The van der Waals surface area contributed by atoms with Gasteiger partial charge in [0, 0.05) is 22.2 Å². The van der Waals surface area contributed by atoms with Crippen LogP contribution >= 0.6 is 15.9 Å². The highest BCUT2D eigenvalue weighted by atomic mass is 79.9. The second kappa shape index (κ2) is 7.72. The standard InChI is InChI=1S/C21H16BrNO4/c22-17-12-19-20(26-10-9-25-19)13-18(17)23-21(24)14-5-4-8-16(11-14)27-15-6-2-1-3-7-15/h1-8,11-13H,9-10H2,(H,23,24). The average Bonchev–Trinajstić information content (AvgIpc) is 2.69. The minimum absolute atomic E-state index is 0.245. The van der Waals surface area contributed by atoms with Crippen molar-refractivity contribution in [1.29, 1.82) is 0 Å². The summed E-state index contributed by atoms with van der Waals surface area (Å²) in [6.45, 7) is 1.00. The van der Waals surface area contributed by atoms with E-state index in [1.54, 1.807) is 30.3 Å². The highest BCUT2D eigenvalue weighted by Crippen LogP contribution is 2.38. The van der Waals surface area contributed by atoms with E-state index < -0.39 is 0 Å². The number of benzene rings is 3. The third-order valence-corrected chi connectivity index (χ3v) is 4.61. The first-order chi connectivity index (χ1) is 13.2. The van der Waals surface area contributed by atoms with Gasteiger partial charge in [-0.15, -0.1) is 0 Å². The fraction of sp³-hybridized carbons (Fsp3) is 0.0952. The summed E-state index contributed by atoms with van der Waals surface area (Å²) in [6.07, 6.45) is 0. The summed E-state index contributed by atoms with van der Waals surface area (Å²) in [5, 5.41) is 2.89. The molecule has 0 atom stereocenters. The van der Waals surface area contributed by atoms with Crippen molar-refractivity contribution in [3.05, 3.63) is 76.8 Å². The van der Waals surface area contributed by atoms with Gasteiger partial charge in [-0.2, -0.15) is 0 Å². The quantitative estimate of drug-likeness (QED) is 0.618. The highest BCUT2D eigenvalue weighted by molar-refractivity contribution is 9.10. The summed E-state index contributed by atoms with van der Waals surface area (Å²) in [5.41, 5.74) is 1.10. The average molecular weight is 426 g/mol. The lowest BCUT2D eigenvalue weighted by molar-refractivity contribution is 0.102. The number of amides is 1. The van der Waals surface area contributed by atoms with Crippen LogP contribution in [0.2, 0.25) is 0 Å².